The maximum atomic E-state index is 14.6. The molecular formula is C27H27FN4O. The fraction of sp³-hybridized carbons (Fsp3) is 0.185. The molecule has 0 aliphatic heterocycles. The number of carbonyl (C=O) groups excluding carboxylic acids is 1. The molecule has 2 heterocycles. The van der Waals surface area contributed by atoms with Gasteiger partial charge < -0.3 is 14.8 Å². The molecule has 1 N–H and O–H groups in total. The third kappa shape index (κ3) is 4.86. The Labute approximate surface area is 193 Å². The molecule has 0 spiro atoms. The highest BCUT2D eigenvalue weighted by Gasteiger charge is 2.15. The number of rotatable bonds is 6. The Bertz CT molecular complexity index is 1340. The maximum absolute atomic E-state index is 14.6. The zero-order valence-corrected chi connectivity index (χ0v) is 19.3. The number of anilines is 1. The number of aryl methyl sites for hydroxylation is 1. The summed E-state index contributed by atoms with van der Waals surface area (Å²) >= 11 is 0. The smallest absolute Gasteiger partial charge is 0.250 e. The van der Waals surface area contributed by atoms with E-state index in [-0.39, 0.29) is 11.6 Å². The average Bonchev–Trinajstić information content (AvgIpc) is 3.22. The van der Waals surface area contributed by atoms with Crippen LogP contribution >= 0.6 is 0 Å². The fourth-order valence-corrected chi connectivity index (χ4v) is 3.76. The number of hydrogen-bond donors (Lipinski definition) is 1. The molecule has 0 saturated heterocycles. The molecule has 0 saturated carbocycles. The van der Waals surface area contributed by atoms with Gasteiger partial charge in [-0.3, -0.25) is 4.79 Å². The van der Waals surface area contributed by atoms with E-state index in [0.29, 0.717) is 6.54 Å². The number of amides is 1. The Morgan fingerprint density at radius 1 is 1.06 bits per heavy atom. The molecule has 0 aliphatic rings. The standard InChI is InChI=1S/C27H27FN4O/c1-18-7-5-8-20(13-18)23-17-30-27-22(23)14-21(16-29-27)19-10-11-24(28)25(15-19)32(4)26(33)9-6-12-31(2)3/h5-11,13-17H,12H2,1-4H3,(H,29,30)/b9-6+. The molecule has 0 aliphatic carbocycles. The molecule has 4 rings (SSSR count). The lowest BCUT2D eigenvalue weighted by molar-refractivity contribution is -0.113. The minimum atomic E-state index is -0.452. The Morgan fingerprint density at radius 2 is 1.88 bits per heavy atom. The van der Waals surface area contributed by atoms with Crippen molar-refractivity contribution in [1.29, 1.82) is 0 Å². The van der Waals surface area contributed by atoms with Crippen molar-refractivity contribution in [2.75, 3.05) is 32.6 Å². The number of aromatic nitrogens is 2. The summed E-state index contributed by atoms with van der Waals surface area (Å²) in [6.45, 7) is 2.70. The SMILES string of the molecule is Cc1cccc(-c2c[nH]c3ncc(-c4ccc(F)c(N(C)C(=O)/C=C/CN(C)C)c4)cc23)c1. The first-order valence-corrected chi connectivity index (χ1v) is 10.8. The highest BCUT2D eigenvalue weighted by atomic mass is 19.1. The van der Waals surface area contributed by atoms with E-state index >= 15 is 0 Å². The van der Waals surface area contributed by atoms with E-state index in [1.807, 2.05) is 37.3 Å². The zero-order chi connectivity index (χ0) is 23.5. The van der Waals surface area contributed by atoms with Crippen LogP contribution in [0.1, 0.15) is 5.56 Å². The van der Waals surface area contributed by atoms with Crippen LogP contribution in [0.25, 0.3) is 33.3 Å². The average molecular weight is 443 g/mol. The van der Waals surface area contributed by atoms with Gasteiger partial charge in [0.2, 0.25) is 0 Å². The Hall–Kier alpha value is -3.77. The molecule has 168 valence electrons. The Kier molecular flexibility index (Phi) is 6.38. The lowest BCUT2D eigenvalue weighted by Crippen LogP contribution is -2.25. The minimum absolute atomic E-state index is 0.222. The van der Waals surface area contributed by atoms with Crippen LogP contribution < -0.4 is 4.90 Å². The van der Waals surface area contributed by atoms with Gasteiger partial charge in [0.05, 0.1) is 5.69 Å². The van der Waals surface area contributed by atoms with E-state index in [9.17, 15) is 9.18 Å². The van der Waals surface area contributed by atoms with Gasteiger partial charge in [0.15, 0.2) is 0 Å². The topological polar surface area (TPSA) is 52.2 Å². The van der Waals surface area contributed by atoms with Gasteiger partial charge in [-0.2, -0.15) is 0 Å². The predicted molar refractivity (Wildman–Crippen MR) is 133 cm³/mol. The molecule has 6 heteroatoms. The second-order valence-electron chi connectivity index (χ2n) is 8.42. The number of fused-ring (bicyclic) bond motifs is 1. The van der Waals surface area contributed by atoms with E-state index < -0.39 is 5.82 Å². The van der Waals surface area contributed by atoms with Crippen LogP contribution in [-0.4, -0.2) is 48.5 Å². The van der Waals surface area contributed by atoms with E-state index in [1.54, 1.807) is 31.5 Å². The molecule has 2 aromatic heterocycles. The monoisotopic (exact) mass is 442 g/mol. The number of hydrogen-bond acceptors (Lipinski definition) is 3. The lowest BCUT2D eigenvalue weighted by Gasteiger charge is -2.17. The van der Waals surface area contributed by atoms with Crippen LogP contribution in [0.4, 0.5) is 10.1 Å². The number of likely N-dealkylation sites (N-methyl/N-ethyl adjacent to an activating group) is 2. The third-order valence-electron chi connectivity index (χ3n) is 5.56. The second-order valence-corrected chi connectivity index (χ2v) is 8.42. The minimum Gasteiger partial charge on any atom is -0.346 e. The van der Waals surface area contributed by atoms with Gasteiger partial charge in [0.1, 0.15) is 11.5 Å². The number of nitrogens with zero attached hydrogens (tertiary/aromatic N) is 3. The number of aromatic amines is 1. The molecule has 1 amide bonds. The molecular weight excluding hydrogens is 415 g/mol. The van der Waals surface area contributed by atoms with Crippen LogP contribution in [0, 0.1) is 12.7 Å². The second kappa shape index (κ2) is 9.38. The molecule has 0 radical (unpaired) electrons. The number of pyridine rings is 1. The highest BCUT2D eigenvalue weighted by molar-refractivity contribution is 6.01. The largest absolute Gasteiger partial charge is 0.346 e. The van der Waals surface area contributed by atoms with Gasteiger partial charge in [-0.25, -0.2) is 9.37 Å². The molecule has 0 bridgehead atoms. The summed E-state index contributed by atoms with van der Waals surface area (Å²) in [4.78, 5) is 23.6. The first kappa shape index (κ1) is 22.4. The van der Waals surface area contributed by atoms with Gasteiger partial charge in [0.25, 0.3) is 5.91 Å². The normalized spacial score (nSPS) is 11.6. The van der Waals surface area contributed by atoms with Crippen molar-refractivity contribution in [3.63, 3.8) is 0 Å². The molecule has 0 fully saturated rings. The Balaban J connectivity index is 1.69. The van der Waals surface area contributed by atoms with E-state index in [4.69, 9.17) is 0 Å². The molecule has 2 aromatic carbocycles. The van der Waals surface area contributed by atoms with Crippen LogP contribution in [0.5, 0.6) is 0 Å². The van der Waals surface area contributed by atoms with Crippen molar-refractivity contribution < 1.29 is 9.18 Å². The Morgan fingerprint density at radius 3 is 2.64 bits per heavy atom. The van der Waals surface area contributed by atoms with Crippen molar-refractivity contribution in [3.05, 3.63) is 84.5 Å². The van der Waals surface area contributed by atoms with Gasteiger partial charge in [-0.15, -0.1) is 0 Å². The van der Waals surface area contributed by atoms with Crippen LogP contribution in [-0.2, 0) is 4.79 Å². The van der Waals surface area contributed by atoms with Crippen molar-refractivity contribution >= 4 is 22.6 Å². The molecule has 5 nitrogen and oxygen atoms in total. The number of halogens is 1. The first-order valence-electron chi connectivity index (χ1n) is 10.8. The summed E-state index contributed by atoms with van der Waals surface area (Å²) in [5.41, 5.74) is 5.99. The molecule has 4 aromatic rings. The molecule has 0 atom stereocenters. The van der Waals surface area contributed by atoms with Crippen LogP contribution in [0.3, 0.4) is 0 Å². The van der Waals surface area contributed by atoms with Gasteiger partial charge >= 0.3 is 0 Å². The van der Waals surface area contributed by atoms with E-state index in [1.165, 1.54) is 22.6 Å². The number of H-pyrrole nitrogens is 1. The summed E-state index contributed by atoms with van der Waals surface area (Å²) in [7, 11) is 5.41. The maximum Gasteiger partial charge on any atom is 0.250 e. The van der Waals surface area contributed by atoms with E-state index in [2.05, 4.69) is 35.1 Å². The highest BCUT2D eigenvalue weighted by Crippen LogP contribution is 2.33. The summed E-state index contributed by atoms with van der Waals surface area (Å²) in [5, 5.41) is 0.986. The lowest BCUT2D eigenvalue weighted by atomic mass is 10.0. The van der Waals surface area contributed by atoms with Gasteiger partial charge in [0, 0.05) is 48.6 Å². The fourth-order valence-electron chi connectivity index (χ4n) is 3.76. The van der Waals surface area contributed by atoms with Crippen molar-refractivity contribution in [2.24, 2.45) is 0 Å². The van der Waals surface area contributed by atoms with Crippen LogP contribution in [0.15, 0.2) is 73.1 Å². The van der Waals surface area contributed by atoms with Crippen molar-refractivity contribution in [2.45, 2.75) is 6.92 Å². The predicted octanol–water partition coefficient (Wildman–Crippen LogP) is 5.43. The molecule has 0 unspecified atom stereocenters. The van der Waals surface area contributed by atoms with Gasteiger partial charge in [-0.05, 0) is 50.3 Å². The number of carbonyl (C=O) groups is 1. The summed E-state index contributed by atoms with van der Waals surface area (Å²) in [6, 6.07) is 15.1. The van der Waals surface area contributed by atoms with Gasteiger partial charge in [-0.1, -0.05) is 42.0 Å². The van der Waals surface area contributed by atoms with E-state index in [0.717, 1.165) is 33.3 Å². The number of benzene rings is 2. The summed E-state index contributed by atoms with van der Waals surface area (Å²) < 4.78 is 14.6. The third-order valence-corrected chi connectivity index (χ3v) is 5.56. The quantitative estimate of drug-likeness (QED) is 0.406. The van der Waals surface area contributed by atoms with Crippen molar-refractivity contribution in [1.82, 2.24) is 14.9 Å². The summed E-state index contributed by atoms with van der Waals surface area (Å²) in [5.74, 6) is -0.736. The van der Waals surface area contributed by atoms with Crippen molar-refractivity contribution in [3.8, 4) is 22.3 Å². The number of nitrogens with one attached hydrogen (secondary N) is 1. The zero-order valence-electron chi connectivity index (χ0n) is 19.3. The first-order chi connectivity index (χ1) is 15.8. The molecule has 33 heavy (non-hydrogen) atoms. The van der Waals surface area contributed by atoms with Crippen LogP contribution in [0.2, 0.25) is 0 Å². The summed E-state index contributed by atoms with van der Waals surface area (Å²) in [6.07, 6.45) is 6.94.